The van der Waals surface area contributed by atoms with Gasteiger partial charge in [-0.2, -0.15) is 5.10 Å². The second-order valence-corrected chi connectivity index (χ2v) is 6.39. The van der Waals surface area contributed by atoms with E-state index >= 15 is 0 Å². The minimum absolute atomic E-state index is 0.0289. The normalized spacial score (nSPS) is 14.2. The molecule has 1 aliphatic carbocycles. The van der Waals surface area contributed by atoms with E-state index in [0.29, 0.717) is 6.04 Å². The van der Waals surface area contributed by atoms with Gasteiger partial charge in [-0.15, -0.1) is 0 Å². The second-order valence-electron chi connectivity index (χ2n) is 6.39. The first kappa shape index (κ1) is 14.0. The summed E-state index contributed by atoms with van der Waals surface area (Å²) in [5.41, 5.74) is 6.31. The van der Waals surface area contributed by atoms with Gasteiger partial charge in [0.25, 0.3) is 5.91 Å². The molecule has 4 rings (SSSR count). The molecule has 1 aliphatic rings. The van der Waals surface area contributed by atoms with Crippen molar-refractivity contribution in [1.29, 1.82) is 0 Å². The van der Waals surface area contributed by atoms with E-state index < -0.39 is 0 Å². The van der Waals surface area contributed by atoms with Crippen LogP contribution in [0.1, 0.15) is 34.3 Å². The van der Waals surface area contributed by atoms with Crippen LogP contribution in [0, 0.1) is 13.8 Å². The van der Waals surface area contributed by atoms with Gasteiger partial charge in [0, 0.05) is 17.0 Å². The Morgan fingerprint density at radius 1 is 1.22 bits per heavy atom. The lowest BCUT2D eigenvalue weighted by molar-refractivity contribution is 0.0951. The van der Waals surface area contributed by atoms with E-state index in [1.165, 1.54) is 5.56 Å². The first-order valence-corrected chi connectivity index (χ1v) is 7.97. The number of benzene rings is 2. The molecule has 2 N–H and O–H groups in total. The maximum absolute atomic E-state index is 12.4. The van der Waals surface area contributed by atoms with Crippen molar-refractivity contribution in [3.05, 3.63) is 53.2 Å². The number of aryl methyl sites for hydroxylation is 1. The molecule has 1 fully saturated rings. The van der Waals surface area contributed by atoms with Gasteiger partial charge in [0.05, 0.1) is 11.7 Å². The zero-order chi connectivity index (χ0) is 16.0. The van der Waals surface area contributed by atoms with E-state index in [0.717, 1.165) is 46.0 Å². The smallest absolute Gasteiger partial charge is 0.251 e. The molecule has 0 saturated heterocycles. The van der Waals surface area contributed by atoms with Crippen LogP contribution in [-0.2, 0) is 0 Å². The number of carbonyl (C=O) groups is 1. The molecule has 3 aromatic rings. The first-order valence-electron chi connectivity index (χ1n) is 7.97. The second kappa shape index (κ2) is 5.23. The molecule has 23 heavy (non-hydrogen) atoms. The van der Waals surface area contributed by atoms with Crippen LogP contribution < -0.4 is 5.32 Å². The molecule has 1 saturated carbocycles. The minimum atomic E-state index is 0.0289. The molecule has 0 unspecified atom stereocenters. The molecule has 1 aromatic heterocycles. The van der Waals surface area contributed by atoms with E-state index in [-0.39, 0.29) is 5.91 Å². The Labute approximate surface area is 134 Å². The number of nitrogens with one attached hydrogen (secondary N) is 2. The predicted octanol–water partition coefficient (Wildman–Crippen LogP) is 3.74. The molecule has 1 heterocycles. The van der Waals surface area contributed by atoms with Crippen LogP contribution in [0.4, 0.5) is 0 Å². The third-order valence-electron chi connectivity index (χ3n) is 4.59. The summed E-state index contributed by atoms with van der Waals surface area (Å²) in [7, 11) is 0. The maximum atomic E-state index is 12.4. The van der Waals surface area contributed by atoms with Gasteiger partial charge < -0.3 is 5.32 Å². The molecule has 0 atom stereocenters. The largest absolute Gasteiger partial charge is 0.349 e. The van der Waals surface area contributed by atoms with Crippen LogP contribution >= 0.6 is 0 Å². The average Bonchev–Trinajstić information content (AvgIpc) is 3.23. The summed E-state index contributed by atoms with van der Waals surface area (Å²) in [6, 6.07) is 10.6. The number of nitrogens with zero attached hydrogens (tertiary/aromatic N) is 1. The lowest BCUT2D eigenvalue weighted by Crippen LogP contribution is -2.25. The summed E-state index contributed by atoms with van der Waals surface area (Å²) in [5, 5.41) is 11.2. The number of fused-ring (bicyclic) bond motifs is 1. The summed E-state index contributed by atoms with van der Waals surface area (Å²) >= 11 is 0. The molecular formula is C19H19N3O. The average molecular weight is 305 g/mol. The highest BCUT2D eigenvalue weighted by molar-refractivity contribution is 5.97. The van der Waals surface area contributed by atoms with Gasteiger partial charge in [0.15, 0.2) is 0 Å². The number of amides is 1. The lowest BCUT2D eigenvalue weighted by Gasteiger charge is -2.13. The van der Waals surface area contributed by atoms with Crippen molar-refractivity contribution < 1.29 is 4.79 Å². The topological polar surface area (TPSA) is 57.8 Å². The van der Waals surface area contributed by atoms with Crippen molar-refractivity contribution >= 4 is 16.8 Å². The van der Waals surface area contributed by atoms with Crippen LogP contribution in [0.25, 0.3) is 22.0 Å². The van der Waals surface area contributed by atoms with E-state index in [1.54, 1.807) is 0 Å². The van der Waals surface area contributed by atoms with Gasteiger partial charge in [-0.1, -0.05) is 6.07 Å². The molecule has 0 bridgehead atoms. The molecule has 1 amide bonds. The molecule has 116 valence electrons. The Morgan fingerprint density at radius 2 is 2.04 bits per heavy atom. The molecule has 2 aromatic carbocycles. The summed E-state index contributed by atoms with van der Waals surface area (Å²) in [5.74, 6) is 0.0289. The minimum Gasteiger partial charge on any atom is -0.349 e. The molecule has 0 radical (unpaired) electrons. The Morgan fingerprint density at radius 3 is 2.83 bits per heavy atom. The summed E-state index contributed by atoms with van der Waals surface area (Å²) in [4.78, 5) is 12.4. The van der Waals surface area contributed by atoms with Gasteiger partial charge in [-0.25, -0.2) is 0 Å². The third kappa shape index (κ3) is 2.61. The van der Waals surface area contributed by atoms with Crippen molar-refractivity contribution in [2.24, 2.45) is 0 Å². The van der Waals surface area contributed by atoms with Crippen LogP contribution in [0.3, 0.4) is 0 Å². The van der Waals surface area contributed by atoms with Crippen LogP contribution in [0.5, 0.6) is 0 Å². The highest BCUT2D eigenvalue weighted by Gasteiger charge is 2.24. The summed E-state index contributed by atoms with van der Waals surface area (Å²) < 4.78 is 0. The summed E-state index contributed by atoms with van der Waals surface area (Å²) in [6.45, 7) is 4.16. The molecule has 0 aliphatic heterocycles. The van der Waals surface area contributed by atoms with Crippen LogP contribution in [0.15, 0.2) is 36.5 Å². The maximum Gasteiger partial charge on any atom is 0.251 e. The number of aromatic amines is 1. The van der Waals surface area contributed by atoms with Gasteiger partial charge in [-0.3, -0.25) is 9.89 Å². The highest BCUT2D eigenvalue weighted by Crippen LogP contribution is 2.30. The predicted molar refractivity (Wildman–Crippen MR) is 91.5 cm³/mol. The first-order chi connectivity index (χ1) is 11.1. The third-order valence-corrected chi connectivity index (χ3v) is 4.59. The SMILES string of the molecule is Cc1cc(C(=O)NC2CC2)cc(-c2ccc3[nH]ncc3c2)c1C. The van der Waals surface area contributed by atoms with Crippen molar-refractivity contribution in [2.75, 3.05) is 0 Å². The van der Waals surface area contributed by atoms with E-state index in [9.17, 15) is 4.79 Å². The Bertz CT molecular complexity index is 906. The van der Waals surface area contributed by atoms with Gasteiger partial charge in [-0.05, 0) is 73.2 Å². The number of aromatic nitrogens is 2. The Kier molecular flexibility index (Phi) is 3.18. The fraction of sp³-hybridized carbons (Fsp3) is 0.263. The van der Waals surface area contributed by atoms with Gasteiger partial charge >= 0.3 is 0 Å². The molecule has 4 heteroatoms. The zero-order valence-electron chi connectivity index (χ0n) is 13.3. The molecular weight excluding hydrogens is 286 g/mol. The quantitative estimate of drug-likeness (QED) is 0.774. The van der Waals surface area contributed by atoms with Crippen LogP contribution in [0.2, 0.25) is 0 Å². The van der Waals surface area contributed by atoms with Crippen molar-refractivity contribution in [2.45, 2.75) is 32.7 Å². The number of hydrogen-bond donors (Lipinski definition) is 2. The molecule has 4 nitrogen and oxygen atoms in total. The van der Waals surface area contributed by atoms with Gasteiger partial charge in [0.1, 0.15) is 0 Å². The van der Waals surface area contributed by atoms with E-state index in [4.69, 9.17) is 0 Å². The standard InChI is InChI=1S/C19H19N3O/c1-11-7-14(19(23)21-16-4-5-16)9-17(12(11)2)13-3-6-18-15(8-13)10-20-22-18/h3,6-10,16H,4-5H2,1-2H3,(H,20,22)(H,21,23). The van der Waals surface area contributed by atoms with Crippen molar-refractivity contribution in [3.63, 3.8) is 0 Å². The zero-order valence-corrected chi connectivity index (χ0v) is 13.3. The fourth-order valence-corrected chi connectivity index (χ4v) is 2.90. The fourth-order valence-electron chi connectivity index (χ4n) is 2.90. The number of hydrogen-bond acceptors (Lipinski definition) is 2. The van der Waals surface area contributed by atoms with Crippen molar-refractivity contribution in [3.8, 4) is 11.1 Å². The number of rotatable bonds is 3. The Balaban J connectivity index is 1.79. The van der Waals surface area contributed by atoms with Crippen LogP contribution in [-0.4, -0.2) is 22.1 Å². The number of H-pyrrole nitrogens is 1. The summed E-state index contributed by atoms with van der Waals surface area (Å²) in [6.07, 6.45) is 4.02. The van der Waals surface area contributed by atoms with Crippen molar-refractivity contribution in [1.82, 2.24) is 15.5 Å². The lowest BCUT2D eigenvalue weighted by atomic mass is 9.93. The Hall–Kier alpha value is -2.62. The van der Waals surface area contributed by atoms with Gasteiger partial charge in [0.2, 0.25) is 0 Å². The number of carbonyl (C=O) groups excluding carboxylic acids is 1. The van der Waals surface area contributed by atoms with E-state index in [1.807, 2.05) is 24.4 Å². The highest BCUT2D eigenvalue weighted by atomic mass is 16.1. The molecule has 0 spiro atoms. The monoisotopic (exact) mass is 305 g/mol. The van der Waals surface area contributed by atoms with E-state index in [2.05, 4.69) is 41.5 Å².